The number of benzene rings is 7. The van der Waals surface area contributed by atoms with Gasteiger partial charge in [0, 0.05) is 26.4 Å². The van der Waals surface area contributed by atoms with E-state index in [4.69, 9.17) is 0 Å². The SMILES string of the molecule is C1=CC(c2cc(-c3ccccc3)cc(-c3ccccc3-n3c4ccc5ccsc5c4c4c5ccccc5c5ccccc5c43)c2)=CCC1. The number of allylic oxidation sites excluding steroid dienone is 4. The molecule has 0 radical (unpaired) electrons. The topological polar surface area (TPSA) is 4.93 Å². The first kappa shape index (κ1) is 27.4. The van der Waals surface area contributed by atoms with Crippen LogP contribution in [0.2, 0.25) is 0 Å². The molecular formula is C46H31NS. The Morgan fingerprint density at radius 3 is 2.06 bits per heavy atom. The minimum atomic E-state index is 1.08. The predicted molar refractivity (Wildman–Crippen MR) is 208 cm³/mol. The summed E-state index contributed by atoms with van der Waals surface area (Å²) in [6.07, 6.45) is 9.16. The number of para-hydroxylation sites is 1. The molecule has 10 rings (SSSR count). The summed E-state index contributed by atoms with van der Waals surface area (Å²) in [6, 6.07) is 51.7. The molecule has 7 aromatic carbocycles. The van der Waals surface area contributed by atoms with Crippen molar-refractivity contribution in [1.29, 1.82) is 0 Å². The molecule has 1 aliphatic carbocycles. The molecule has 0 bridgehead atoms. The summed E-state index contributed by atoms with van der Waals surface area (Å²) in [5, 5.41) is 11.4. The van der Waals surface area contributed by atoms with E-state index in [0.29, 0.717) is 0 Å². The Balaban J connectivity index is 1.35. The molecule has 0 saturated heterocycles. The van der Waals surface area contributed by atoms with Crippen LogP contribution in [0.5, 0.6) is 0 Å². The van der Waals surface area contributed by atoms with Gasteiger partial charge in [0.1, 0.15) is 0 Å². The van der Waals surface area contributed by atoms with E-state index in [9.17, 15) is 0 Å². The number of nitrogens with zero attached hydrogens (tertiary/aromatic N) is 1. The summed E-state index contributed by atoms with van der Waals surface area (Å²) in [4.78, 5) is 0. The molecule has 2 aromatic heterocycles. The third-order valence-corrected chi connectivity index (χ3v) is 11.0. The molecule has 48 heavy (non-hydrogen) atoms. The van der Waals surface area contributed by atoms with Crippen molar-refractivity contribution in [1.82, 2.24) is 4.57 Å². The van der Waals surface area contributed by atoms with Crippen LogP contribution in [0.25, 0.3) is 87.0 Å². The van der Waals surface area contributed by atoms with Gasteiger partial charge in [-0.05, 0) is 104 Å². The Kier molecular flexibility index (Phi) is 6.25. The van der Waals surface area contributed by atoms with Crippen molar-refractivity contribution in [3.8, 4) is 27.9 Å². The van der Waals surface area contributed by atoms with Gasteiger partial charge in [0.05, 0.1) is 16.7 Å². The molecule has 0 saturated carbocycles. The molecule has 1 aliphatic rings. The fourth-order valence-electron chi connectivity index (χ4n) is 7.92. The summed E-state index contributed by atoms with van der Waals surface area (Å²) < 4.78 is 3.90. The molecule has 226 valence electrons. The van der Waals surface area contributed by atoms with E-state index in [1.165, 1.54) is 92.5 Å². The summed E-state index contributed by atoms with van der Waals surface area (Å²) in [5.74, 6) is 0. The zero-order chi connectivity index (χ0) is 31.6. The Bertz CT molecular complexity index is 2770. The fourth-order valence-corrected chi connectivity index (χ4v) is 8.86. The Morgan fingerprint density at radius 1 is 0.521 bits per heavy atom. The summed E-state index contributed by atoms with van der Waals surface area (Å²) in [5.41, 5.74) is 11.2. The number of rotatable bonds is 4. The van der Waals surface area contributed by atoms with Gasteiger partial charge >= 0.3 is 0 Å². The van der Waals surface area contributed by atoms with E-state index in [0.717, 1.165) is 12.8 Å². The standard InChI is InChI=1S/C46H31NS/c1-3-13-30(14-4-1)33-27-34(31-15-5-2-6-16-31)29-35(28-33)36-17-11-12-22-41(36)47-42-24-23-32-25-26-48-46(32)44(42)43-39-20-9-7-18-37(39)38-19-8-10-21-40(38)45(43)47/h1,3-5,7-29H,2,6H2. The summed E-state index contributed by atoms with van der Waals surface area (Å²) in [7, 11) is 0. The van der Waals surface area contributed by atoms with Crippen LogP contribution in [0.1, 0.15) is 18.4 Å². The number of hydrogen-bond acceptors (Lipinski definition) is 1. The molecular weight excluding hydrogens is 599 g/mol. The normalized spacial score (nSPS) is 13.3. The third kappa shape index (κ3) is 4.16. The fraction of sp³-hybridized carbons (Fsp3) is 0.0435. The van der Waals surface area contributed by atoms with Gasteiger partial charge in [-0.3, -0.25) is 0 Å². The quantitative estimate of drug-likeness (QED) is 0.171. The lowest BCUT2D eigenvalue weighted by Crippen LogP contribution is -1.99. The highest BCUT2D eigenvalue weighted by Gasteiger charge is 2.22. The summed E-state index contributed by atoms with van der Waals surface area (Å²) in [6.45, 7) is 0. The zero-order valence-corrected chi connectivity index (χ0v) is 27.2. The first-order valence-electron chi connectivity index (χ1n) is 16.7. The smallest absolute Gasteiger partial charge is 0.0626 e. The maximum Gasteiger partial charge on any atom is 0.0626 e. The largest absolute Gasteiger partial charge is 0.308 e. The van der Waals surface area contributed by atoms with E-state index in [-0.39, 0.29) is 0 Å². The number of aromatic nitrogens is 1. The first-order valence-corrected chi connectivity index (χ1v) is 17.6. The Labute approximate surface area is 283 Å². The van der Waals surface area contributed by atoms with Crippen LogP contribution in [0.15, 0.2) is 163 Å². The number of fused-ring (bicyclic) bond motifs is 10. The molecule has 1 nitrogen and oxygen atoms in total. The maximum atomic E-state index is 2.56. The average Bonchev–Trinajstić information content (AvgIpc) is 3.79. The lowest BCUT2D eigenvalue weighted by Gasteiger charge is -2.18. The third-order valence-electron chi connectivity index (χ3n) is 10.0. The second-order valence-electron chi connectivity index (χ2n) is 12.8. The highest BCUT2D eigenvalue weighted by atomic mass is 32.1. The van der Waals surface area contributed by atoms with Crippen molar-refractivity contribution in [2.45, 2.75) is 12.8 Å². The molecule has 2 heteroatoms. The first-order chi connectivity index (χ1) is 23.8. The van der Waals surface area contributed by atoms with Gasteiger partial charge in [-0.1, -0.05) is 121 Å². The van der Waals surface area contributed by atoms with Gasteiger partial charge in [-0.2, -0.15) is 0 Å². The maximum absolute atomic E-state index is 2.56. The van der Waals surface area contributed by atoms with Crippen LogP contribution in [0.3, 0.4) is 0 Å². The number of thiophene rings is 1. The van der Waals surface area contributed by atoms with Crippen molar-refractivity contribution in [3.63, 3.8) is 0 Å². The van der Waals surface area contributed by atoms with E-state index >= 15 is 0 Å². The van der Waals surface area contributed by atoms with Crippen LogP contribution in [0, 0.1) is 0 Å². The van der Waals surface area contributed by atoms with Crippen LogP contribution in [-0.2, 0) is 0 Å². The van der Waals surface area contributed by atoms with Gasteiger partial charge in [-0.25, -0.2) is 0 Å². The van der Waals surface area contributed by atoms with Crippen molar-refractivity contribution < 1.29 is 0 Å². The van der Waals surface area contributed by atoms with Crippen molar-refractivity contribution >= 4 is 70.3 Å². The Hall–Kier alpha value is -5.70. The molecule has 0 aliphatic heterocycles. The van der Waals surface area contributed by atoms with E-state index < -0.39 is 0 Å². The van der Waals surface area contributed by atoms with Gasteiger partial charge in [0.15, 0.2) is 0 Å². The highest BCUT2D eigenvalue weighted by molar-refractivity contribution is 7.18. The second-order valence-corrected chi connectivity index (χ2v) is 13.7. The van der Waals surface area contributed by atoms with Gasteiger partial charge in [0.25, 0.3) is 0 Å². The molecule has 9 aromatic rings. The Morgan fingerprint density at radius 2 is 1.23 bits per heavy atom. The van der Waals surface area contributed by atoms with Crippen molar-refractivity contribution in [2.24, 2.45) is 0 Å². The van der Waals surface area contributed by atoms with E-state index in [1.807, 2.05) is 11.3 Å². The van der Waals surface area contributed by atoms with Gasteiger partial charge < -0.3 is 4.57 Å². The van der Waals surface area contributed by atoms with Crippen molar-refractivity contribution in [3.05, 3.63) is 169 Å². The highest BCUT2D eigenvalue weighted by Crippen LogP contribution is 2.47. The van der Waals surface area contributed by atoms with Crippen LogP contribution in [0.4, 0.5) is 0 Å². The minimum absolute atomic E-state index is 1.08. The molecule has 0 amide bonds. The average molecular weight is 630 g/mol. The molecule has 0 spiro atoms. The second kappa shape index (κ2) is 10.9. The van der Waals surface area contributed by atoms with Gasteiger partial charge in [-0.15, -0.1) is 11.3 Å². The molecule has 0 N–H and O–H groups in total. The lowest BCUT2D eigenvalue weighted by molar-refractivity contribution is 1.04. The van der Waals surface area contributed by atoms with E-state index in [2.05, 4.69) is 168 Å². The van der Waals surface area contributed by atoms with E-state index in [1.54, 1.807) is 0 Å². The van der Waals surface area contributed by atoms with Crippen LogP contribution >= 0.6 is 11.3 Å². The molecule has 0 fully saturated rings. The predicted octanol–water partition coefficient (Wildman–Crippen LogP) is 13.4. The van der Waals surface area contributed by atoms with Gasteiger partial charge in [0.2, 0.25) is 0 Å². The lowest BCUT2D eigenvalue weighted by atomic mass is 9.91. The van der Waals surface area contributed by atoms with Crippen LogP contribution in [-0.4, -0.2) is 4.57 Å². The van der Waals surface area contributed by atoms with Crippen LogP contribution < -0.4 is 0 Å². The molecule has 0 atom stereocenters. The van der Waals surface area contributed by atoms with Crippen molar-refractivity contribution in [2.75, 3.05) is 0 Å². The monoisotopic (exact) mass is 629 g/mol. The number of hydrogen-bond donors (Lipinski definition) is 0. The molecule has 2 heterocycles. The zero-order valence-electron chi connectivity index (χ0n) is 26.4. The minimum Gasteiger partial charge on any atom is -0.308 e. The summed E-state index contributed by atoms with van der Waals surface area (Å²) >= 11 is 1.85. The molecule has 0 unspecified atom stereocenters.